The third-order valence-corrected chi connectivity index (χ3v) is 6.46. The number of hydrogen-bond acceptors (Lipinski definition) is 6. The molecule has 0 aliphatic carbocycles. The van der Waals surface area contributed by atoms with Gasteiger partial charge in [0.15, 0.2) is 5.82 Å². The minimum Gasteiger partial charge on any atom is -0.447 e. The number of sulfonamides is 1. The largest absolute Gasteiger partial charge is 0.447 e. The van der Waals surface area contributed by atoms with Crippen molar-refractivity contribution in [2.75, 3.05) is 30.9 Å². The lowest BCUT2D eigenvalue weighted by molar-refractivity contribution is 0.177. The fourth-order valence-electron chi connectivity index (χ4n) is 3.51. The van der Waals surface area contributed by atoms with Crippen LogP contribution in [-0.2, 0) is 21.2 Å². The van der Waals surface area contributed by atoms with E-state index in [0.717, 1.165) is 25.0 Å². The molecule has 2 aliphatic rings. The summed E-state index contributed by atoms with van der Waals surface area (Å²) < 4.78 is 29.8. The van der Waals surface area contributed by atoms with Gasteiger partial charge < -0.3 is 4.74 Å². The van der Waals surface area contributed by atoms with Crippen LogP contribution in [0.5, 0.6) is 0 Å². The van der Waals surface area contributed by atoms with Crippen LogP contribution in [0, 0.1) is 11.8 Å². The van der Waals surface area contributed by atoms with Crippen LogP contribution in [0.15, 0.2) is 12.4 Å². The molecular formula is C17H26N4O4S. The molecule has 0 radical (unpaired) electrons. The molecule has 2 saturated heterocycles. The summed E-state index contributed by atoms with van der Waals surface area (Å²) in [5, 5.41) is 0. The fourth-order valence-corrected chi connectivity index (χ4v) is 4.38. The lowest BCUT2D eigenvalue weighted by Crippen LogP contribution is -2.38. The molecule has 26 heavy (non-hydrogen) atoms. The van der Waals surface area contributed by atoms with Crippen molar-refractivity contribution < 1.29 is 17.9 Å². The van der Waals surface area contributed by atoms with Gasteiger partial charge in [-0.05, 0) is 31.1 Å². The molecule has 0 N–H and O–H groups in total. The summed E-state index contributed by atoms with van der Waals surface area (Å²) in [6, 6.07) is -0.0250. The van der Waals surface area contributed by atoms with E-state index in [4.69, 9.17) is 4.74 Å². The highest BCUT2D eigenvalue weighted by Crippen LogP contribution is 2.26. The molecule has 144 valence electrons. The monoisotopic (exact) mass is 382 g/mol. The summed E-state index contributed by atoms with van der Waals surface area (Å²) in [5.74, 6) is 1.18. The smallest absolute Gasteiger partial charge is 0.415 e. The summed E-state index contributed by atoms with van der Waals surface area (Å²) in [5.41, 5.74) is 0.861. The van der Waals surface area contributed by atoms with Gasteiger partial charge in [0.2, 0.25) is 10.0 Å². The van der Waals surface area contributed by atoms with E-state index in [9.17, 15) is 13.2 Å². The Hall–Kier alpha value is -1.74. The first-order valence-corrected chi connectivity index (χ1v) is 10.8. The Balaban J connectivity index is 1.61. The molecule has 1 aromatic heterocycles. The highest BCUT2D eigenvalue weighted by atomic mass is 32.2. The van der Waals surface area contributed by atoms with E-state index in [-0.39, 0.29) is 18.1 Å². The SMILES string of the molecule is CC(C)[C@H]1COC(=O)N1c1cnc(CC2CCN(S(C)(=O)=O)CC2)cn1. The van der Waals surface area contributed by atoms with Crippen molar-refractivity contribution >= 4 is 21.9 Å². The lowest BCUT2D eigenvalue weighted by atomic mass is 9.93. The van der Waals surface area contributed by atoms with E-state index in [0.29, 0.717) is 31.4 Å². The number of cyclic esters (lactones) is 1. The number of hydrogen-bond donors (Lipinski definition) is 0. The number of piperidine rings is 1. The fraction of sp³-hybridized carbons (Fsp3) is 0.706. The van der Waals surface area contributed by atoms with Gasteiger partial charge in [-0.1, -0.05) is 13.8 Å². The topological polar surface area (TPSA) is 92.7 Å². The van der Waals surface area contributed by atoms with Gasteiger partial charge in [0.05, 0.1) is 30.4 Å². The number of aromatic nitrogens is 2. The predicted octanol–water partition coefficient (Wildman–Crippen LogP) is 1.67. The molecule has 1 amide bonds. The first-order valence-electron chi connectivity index (χ1n) is 8.97. The van der Waals surface area contributed by atoms with E-state index < -0.39 is 10.0 Å². The van der Waals surface area contributed by atoms with Gasteiger partial charge in [-0.15, -0.1) is 0 Å². The van der Waals surface area contributed by atoms with Gasteiger partial charge in [0.25, 0.3) is 0 Å². The normalized spacial score (nSPS) is 22.8. The van der Waals surface area contributed by atoms with Crippen LogP contribution in [0.2, 0.25) is 0 Å². The molecule has 3 rings (SSSR count). The number of amides is 1. The maximum absolute atomic E-state index is 12.0. The molecule has 0 spiro atoms. The van der Waals surface area contributed by atoms with Crippen LogP contribution in [0.1, 0.15) is 32.4 Å². The van der Waals surface area contributed by atoms with Crippen molar-refractivity contribution in [1.82, 2.24) is 14.3 Å². The molecule has 3 heterocycles. The average Bonchev–Trinajstić information content (AvgIpc) is 2.97. The van der Waals surface area contributed by atoms with Gasteiger partial charge in [0.1, 0.15) is 6.61 Å². The zero-order chi connectivity index (χ0) is 18.9. The van der Waals surface area contributed by atoms with Crippen LogP contribution < -0.4 is 4.90 Å². The Labute approximate surface area is 154 Å². The zero-order valence-corrected chi connectivity index (χ0v) is 16.3. The van der Waals surface area contributed by atoms with Gasteiger partial charge in [-0.3, -0.25) is 9.88 Å². The molecule has 2 aliphatic heterocycles. The standard InChI is InChI=1S/C17H26N4O4S/c1-12(2)15-11-25-17(22)21(15)16-10-18-14(9-19-16)8-13-4-6-20(7-5-13)26(3,23)24/h9-10,12-13,15H,4-8,11H2,1-3H3/t15-/m1/s1. The molecule has 1 aromatic rings. The lowest BCUT2D eigenvalue weighted by Gasteiger charge is -2.30. The summed E-state index contributed by atoms with van der Waals surface area (Å²) in [4.78, 5) is 22.5. The molecule has 9 heteroatoms. The van der Waals surface area contributed by atoms with Crippen LogP contribution >= 0.6 is 0 Å². The van der Waals surface area contributed by atoms with Crippen LogP contribution in [0.4, 0.5) is 10.6 Å². The number of ether oxygens (including phenoxy) is 1. The second-order valence-corrected chi connectivity index (χ2v) is 9.42. The van der Waals surface area contributed by atoms with Gasteiger partial charge >= 0.3 is 6.09 Å². The van der Waals surface area contributed by atoms with Crippen molar-refractivity contribution in [2.45, 2.75) is 39.2 Å². The quantitative estimate of drug-likeness (QED) is 0.769. The molecular weight excluding hydrogens is 356 g/mol. The van der Waals surface area contributed by atoms with Crippen molar-refractivity contribution in [2.24, 2.45) is 11.8 Å². The molecule has 0 aromatic carbocycles. The van der Waals surface area contributed by atoms with Gasteiger partial charge in [-0.2, -0.15) is 0 Å². The van der Waals surface area contributed by atoms with Crippen molar-refractivity contribution in [3.8, 4) is 0 Å². The third-order valence-electron chi connectivity index (χ3n) is 5.15. The third kappa shape index (κ3) is 4.15. The Kier molecular flexibility index (Phi) is 5.47. The summed E-state index contributed by atoms with van der Waals surface area (Å²) in [7, 11) is -3.10. The maximum Gasteiger partial charge on any atom is 0.415 e. The Morgan fingerprint density at radius 3 is 2.46 bits per heavy atom. The van der Waals surface area contributed by atoms with E-state index >= 15 is 0 Å². The van der Waals surface area contributed by atoms with E-state index in [1.165, 1.54) is 10.6 Å². The molecule has 1 atom stereocenters. The number of carbonyl (C=O) groups is 1. The Morgan fingerprint density at radius 1 is 1.23 bits per heavy atom. The Bertz CT molecular complexity index is 743. The second-order valence-electron chi connectivity index (χ2n) is 7.43. The van der Waals surface area contributed by atoms with Crippen molar-refractivity contribution in [1.29, 1.82) is 0 Å². The highest BCUT2D eigenvalue weighted by molar-refractivity contribution is 7.88. The average molecular weight is 382 g/mol. The Morgan fingerprint density at radius 2 is 1.92 bits per heavy atom. The summed E-state index contributed by atoms with van der Waals surface area (Å²) >= 11 is 0. The molecule has 0 bridgehead atoms. The predicted molar refractivity (Wildman–Crippen MR) is 97.3 cm³/mol. The number of carbonyl (C=O) groups excluding carboxylic acids is 1. The van der Waals surface area contributed by atoms with E-state index in [1.807, 2.05) is 13.8 Å². The molecule has 0 saturated carbocycles. The van der Waals surface area contributed by atoms with Crippen molar-refractivity contribution in [3.63, 3.8) is 0 Å². The number of anilines is 1. The van der Waals surface area contributed by atoms with Gasteiger partial charge in [0, 0.05) is 13.1 Å². The maximum atomic E-state index is 12.0. The molecule has 2 fully saturated rings. The van der Waals surface area contributed by atoms with Gasteiger partial charge in [-0.25, -0.2) is 22.5 Å². The molecule has 8 nitrogen and oxygen atoms in total. The molecule has 0 unspecified atom stereocenters. The minimum atomic E-state index is -3.10. The van der Waals surface area contributed by atoms with Crippen LogP contribution in [0.25, 0.3) is 0 Å². The second kappa shape index (κ2) is 7.48. The summed E-state index contributed by atoms with van der Waals surface area (Å²) in [6.45, 7) is 5.59. The number of nitrogens with zero attached hydrogens (tertiary/aromatic N) is 4. The highest BCUT2D eigenvalue weighted by Gasteiger charge is 2.37. The first-order chi connectivity index (χ1) is 12.3. The summed E-state index contributed by atoms with van der Waals surface area (Å²) in [6.07, 6.45) is 6.63. The minimum absolute atomic E-state index is 0.0250. The van der Waals surface area contributed by atoms with E-state index in [1.54, 1.807) is 17.3 Å². The first kappa shape index (κ1) is 19.0. The van der Waals surface area contributed by atoms with Crippen LogP contribution in [0.3, 0.4) is 0 Å². The van der Waals surface area contributed by atoms with E-state index in [2.05, 4.69) is 9.97 Å². The van der Waals surface area contributed by atoms with Crippen molar-refractivity contribution in [3.05, 3.63) is 18.1 Å². The van der Waals surface area contributed by atoms with Crippen LogP contribution in [-0.4, -0.2) is 60.8 Å². The zero-order valence-electron chi connectivity index (χ0n) is 15.5. The number of rotatable bonds is 5.